The van der Waals surface area contributed by atoms with Crippen molar-refractivity contribution in [2.45, 2.75) is 43.7 Å². The molecule has 0 aromatic heterocycles. The van der Waals surface area contributed by atoms with E-state index in [0.29, 0.717) is 13.1 Å². The van der Waals surface area contributed by atoms with Gasteiger partial charge in [-0.25, -0.2) is 4.79 Å². The first-order valence-corrected chi connectivity index (χ1v) is 9.22. The van der Waals surface area contributed by atoms with Gasteiger partial charge in [0.25, 0.3) is 0 Å². The minimum Gasteiger partial charge on any atom is -0.376 e. The molecule has 122 valence electrons. The van der Waals surface area contributed by atoms with Crippen LogP contribution in [0.3, 0.4) is 0 Å². The number of piperidine rings is 1. The Morgan fingerprint density at radius 1 is 1.50 bits per heavy atom. The predicted octanol–water partition coefficient (Wildman–Crippen LogP) is 3.51. The third-order valence-electron chi connectivity index (χ3n) is 3.80. The number of carbonyl (C=O) groups is 1. The Kier molecular flexibility index (Phi) is 7.06. The van der Waals surface area contributed by atoms with E-state index in [-0.39, 0.29) is 12.1 Å². The van der Waals surface area contributed by atoms with Crippen molar-refractivity contribution < 1.29 is 9.53 Å². The van der Waals surface area contributed by atoms with Gasteiger partial charge in [-0.3, -0.25) is 0 Å². The molecule has 1 fully saturated rings. The normalized spacial score (nSPS) is 18.3. The molecule has 22 heavy (non-hydrogen) atoms. The Morgan fingerprint density at radius 2 is 2.36 bits per heavy atom. The van der Waals surface area contributed by atoms with E-state index in [4.69, 9.17) is 4.74 Å². The number of thioether (sulfide) groups is 1. The van der Waals surface area contributed by atoms with Crippen LogP contribution < -0.4 is 5.32 Å². The maximum Gasteiger partial charge on any atom is 0.317 e. The molecule has 1 aromatic carbocycles. The molecule has 1 N–H and O–H groups in total. The molecule has 4 nitrogen and oxygen atoms in total. The van der Waals surface area contributed by atoms with Crippen LogP contribution in [0.25, 0.3) is 0 Å². The summed E-state index contributed by atoms with van der Waals surface area (Å²) in [4.78, 5) is 15.4. The van der Waals surface area contributed by atoms with Crippen LogP contribution in [0.1, 0.15) is 31.7 Å². The van der Waals surface area contributed by atoms with Crippen LogP contribution in [0, 0.1) is 0 Å². The molecule has 1 atom stereocenters. The highest BCUT2D eigenvalue weighted by atomic mass is 32.2. The molecule has 0 bridgehead atoms. The van der Waals surface area contributed by atoms with Crippen LogP contribution in [0.15, 0.2) is 29.2 Å². The standard InChI is InChI=1S/C17H26N2O2S/c1-3-10-21-15-7-5-9-19(13-15)17(20)18-12-14-6-4-8-16(11-14)22-2/h4,6,8,11,15H,3,5,7,9-10,12-13H2,1-2H3,(H,18,20)/t15-/m1/s1. The molecular weight excluding hydrogens is 296 g/mol. The molecule has 0 unspecified atom stereocenters. The number of urea groups is 1. The molecule has 0 aliphatic carbocycles. The maximum atomic E-state index is 12.3. The number of carbonyl (C=O) groups excluding carboxylic acids is 1. The molecule has 1 aliphatic heterocycles. The average Bonchev–Trinajstić information content (AvgIpc) is 2.58. The zero-order valence-corrected chi connectivity index (χ0v) is 14.3. The molecule has 0 spiro atoms. The summed E-state index contributed by atoms with van der Waals surface area (Å²) in [7, 11) is 0. The molecule has 2 rings (SSSR count). The van der Waals surface area contributed by atoms with Crippen molar-refractivity contribution in [1.29, 1.82) is 0 Å². The molecule has 1 heterocycles. The molecular formula is C17H26N2O2S. The van der Waals surface area contributed by atoms with Crippen LogP contribution in [0.2, 0.25) is 0 Å². The second kappa shape index (κ2) is 9.06. The van der Waals surface area contributed by atoms with Gasteiger partial charge in [0.2, 0.25) is 0 Å². The molecule has 5 heteroatoms. The van der Waals surface area contributed by atoms with Gasteiger partial charge in [0, 0.05) is 31.1 Å². The van der Waals surface area contributed by atoms with E-state index in [9.17, 15) is 4.79 Å². The second-order valence-corrected chi connectivity index (χ2v) is 6.47. The molecule has 1 saturated heterocycles. The lowest BCUT2D eigenvalue weighted by molar-refractivity contribution is 0.0100. The fraction of sp³-hybridized carbons (Fsp3) is 0.588. The number of benzene rings is 1. The number of likely N-dealkylation sites (tertiary alicyclic amines) is 1. The molecule has 0 radical (unpaired) electrons. The highest BCUT2D eigenvalue weighted by molar-refractivity contribution is 7.98. The molecule has 1 aliphatic rings. The lowest BCUT2D eigenvalue weighted by Crippen LogP contribution is -2.47. The first-order valence-electron chi connectivity index (χ1n) is 8.00. The minimum absolute atomic E-state index is 0.0133. The fourth-order valence-electron chi connectivity index (χ4n) is 2.62. The monoisotopic (exact) mass is 322 g/mol. The van der Waals surface area contributed by atoms with E-state index in [1.54, 1.807) is 11.8 Å². The number of ether oxygens (including phenoxy) is 1. The fourth-order valence-corrected chi connectivity index (χ4v) is 3.10. The summed E-state index contributed by atoms with van der Waals surface area (Å²) in [5.74, 6) is 0. The molecule has 0 saturated carbocycles. The summed E-state index contributed by atoms with van der Waals surface area (Å²) < 4.78 is 5.78. The van der Waals surface area contributed by atoms with E-state index < -0.39 is 0 Å². The summed E-state index contributed by atoms with van der Waals surface area (Å²) in [5, 5.41) is 3.02. The second-order valence-electron chi connectivity index (χ2n) is 5.59. The SMILES string of the molecule is CCCO[C@@H]1CCCN(C(=O)NCc2cccc(SC)c2)C1. The third kappa shape index (κ3) is 5.21. The summed E-state index contributed by atoms with van der Waals surface area (Å²) >= 11 is 1.71. The third-order valence-corrected chi connectivity index (χ3v) is 4.53. The largest absolute Gasteiger partial charge is 0.376 e. The highest BCUT2D eigenvalue weighted by Crippen LogP contribution is 2.16. The Balaban J connectivity index is 1.81. The Hall–Kier alpha value is -1.20. The van der Waals surface area contributed by atoms with Crippen molar-refractivity contribution in [3.05, 3.63) is 29.8 Å². The van der Waals surface area contributed by atoms with E-state index in [2.05, 4.69) is 30.6 Å². The van der Waals surface area contributed by atoms with Gasteiger partial charge in [-0.2, -0.15) is 0 Å². The van der Waals surface area contributed by atoms with Crippen LogP contribution in [-0.2, 0) is 11.3 Å². The first kappa shape index (κ1) is 17.2. The zero-order valence-electron chi connectivity index (χ0n) is 13.5. The van der Waals surface area contributed by atoms with Crippen molar-refractivity contribution in [3.63, 3.8) is 0 Å². The van der Waals surface area contributed by atoms with Crippen LogP contribution >= 0.6 is 11.8 Å². The van der Waals surface area contributed by atoms with Crippen LogP contribution in [0.5, 0.6) is 0 Å². The predicted molar refractivity (Wildman–Crippen MR) is 91.3 cm³/mol. The van der Waals surface area contributed by atoms with Gasteiger partial charge in [-0.05, 0) is 43.2 Å². The lowest BCUT2D eigenvalue weighted by Gasteiger charge is -2.32. The summed E-state index contributed by atoms with van der Waals surface area (Å²) in [6, 6.07) is 8.29. The number of hydrogen-bond donors (Lipinski definition) is 1. The average molecular weight is 322 g/mol. The van der Waals surface area contributed by atoms with Crippen molar-refractivity contribution in [2.75, 3.05) is 26.0 Å². The van der Waals surface area contributed by atoms with Gasteiger partial charge in [0.05, 0.1) is 6.10 Å². The summed E-state index contributed by atoms with van der Waals surface area (Å²) in [6.07, 6.45) is 5.35. The molecule has 1 aromatic rings. The number of nitrogens with one attached hydrogen (secondary N) is 1. The number of amides is 2. The Labute approximate surface area is 137 Å². The zero-order chi connectivity index (χ0) is 15.8. The van der Waals surface area contributed by atoms with E-state index in [1.807, 2.05) is 17.0 Å². The smallest absolute Gasteiger partial charge is 0.317 e. The quantitative estimate of drug-likeness (QED) is 0.815. The number of hydrogen-bond acceptors (Lipinski definition) is 3. The van der Waals surface area contributed by atoms with Crippen LogP contribution in [0.4, 0.5) is 4.79 Å². The van der Waals surface area contributed by atoms with Crippen molar-refractivity contribution in [2.24, 2.45) is 0 Å². The van der Waals surface area contributed by atoms with Crippen LogP contribution in [-0.4, -0.2) is 43.0 Å². The Morgan fingerprint density at radius 3 is 3.14 bits per heavy atom. The summed E-state index contributed by atoms with van der Waals surface area (Å²) in [5.41, 5.74) is 1.14. The number of nitrogens with zero attached hydrogens (tertiary/aromatic N) is 1. The highest BCUT2D eigenvalue weighted by Gasteiger charge is 2.23. The molecule has 2 amide bonds. The van der Waals surface area contributed by atoms with Gasteiger partial charge in [-0.15, -0.1) is 11.8 Å². The van der Waals surface area contributed by atoms with Crippen molar-refractivity contribution in [1.82, 2.24) is 10.2 Å². The van der Waals surface area contributed by atoms with E-state index >= 15 is 0 Å². The van der Waals surface area contributed by atoms with E-state index in [1.165, 1.54) is 4.90 Å². The van der Waals surface area contributed by atoms with E-state index in [0.717, 1.165) is 38.0 Å². The Bertz CT molecular complexity index is 481. The van der Waals surface area contributed by atoms with Gasteiger partial charge in [0.1, 0.15) is 0 Å². The maximum absolute atomic E-state index is 12.3. The van der Waals surface area contributed by atoms with Crippen molar-refractivity contribution in [3.8, 4) is 0 Å². The first-order chi connectivity index (χ1) is 10.7. The topological polar surface area (TPSA) is 41.6 Å². The number of rotatable bonds is 6. The lowest BCUT2D eigenvalue weighted by atomic mass is 10.1. The van der Waals surface area contributed by atoms with Crippen molar-refractivity contribution >= 4 is 17.8 Å². The van der Waals surface area contributed by atoms with Gasteiger partial charge >= 0.3 is 6.03 Å². The minimum atomic E-state index is 0.0133. The van der Waals surface area contributed by atoms with Gasteiger partial charge < -0.3 is 15.0 Å². The van der Waals surface area contributed by atoms with Gasteiger partial charge in [-0.1, -0.05) is 19.1 Å². The summed E-state index contributed by atoms with van der Waals surface area (Å²) in [6.45, 7) is 4.99. The van der Waals surface area contributed by atoms with Gasteiger partial charge in [0.15, 0.2) is 0 Å².